The van der Waals surface area contributed by atoms with E-state index in [0.29, 0.717) is 17.5 Å². The average Bonchev–Trinajstić information content (AvgIpc) is 2.70. The summed E-state index contributed by atoms with van der Waals surface area (Å²) in [5.41, 5.74) is 0. The topological polar surface area (TPSA) is 58.6 Å². The van der Waals surface area contributed by atoms with Crippen LogP contribution in [0.2, 0.25) is 0 Å². The van der Waals surface area contributed by atoms with Crippen LogP contribution in [0, 0.1) is 0 Å². The van der Waals surface area contributed by atoms with Gasteiger partial charge in [0.25, 0.3) is 0 Å². The molecule has 1 fully saturated rings. The third-order valence-electron chi connectivity index (χ3n) is 5.46. The molecule has 2 aromatic rings. The van der Waals surface area contributed by atoms with Crippen LogP contribution < -0.4 is 9.46 Å². The van der Waals surface area contributed by atoms with Gasteiger partial charge in [0.05, 0.1) is 12.0 Å². The fraction of sp³-hybridized carbons (Fsp3) is 0.524. The number of ether oxygens (including phenoxy) is 1. The second kappa shape index (κ2) is 9.04. The summed E-state index contributed by atoms with van der Waals surface area (Å²) in [6.07, 6.45) is 5.85. The van der Waals surface area contributed by atoms with E-state index in [0.717, 1.165) is 36.0 Å². The van der Waals surface area contributed by atoms with Gasteiger partial charge in [0.2, 0.25) is 10.0 Å². The molecule has 0 aromatic heterocycles. The quantitative estimate of drug-likeness (QED) is 0.697. The molecule has 148 valence electrons. The molecule has 1 N–H and O–H groups in total. The Morgan fingerprint density at radius 1 is 1.15 bits per heavy atom. The number of hydrogen-bond acceptors (Lipinski definition) is 4. The number of methoxy groups -OCH3 is 1. The zero-order valence-electron chi connectivity index (χ0n) is 16.3. The van der Waals surface area contributed by atoms with Gasteiger partial charge >= 0.3 is 0 Å². The molecule has 27 heavy (non-hydrogen) atoms. The molecule has 0 unspecified atom stereocenters. The van der Waals surface area contributed by atoms with Gasteiger partial charge in [0.15, 0.2) is 0 Å². The first-order chi connectivity index (χ1) is 13.0. The smallest absolute Gasteiger partial charge is 0.240 e. The van der Waals surface area contributed by atoms with E-state index in [9.17, 15) is 8.42 Å². The molecule has 1 saturated heterocycles. The summed E-state index contributed by atoms with van der Waals surface area (Å²) in [6, 6.07) is 11.5. The van der Waals surface area contributed by atoms with Crippen molar-refractivity contribution in [2.45, 2.75) is 50.0 Å². The molecular formula is C21H30N2O3S. The Labute approximate surface area is 162 Å². The van der Waals surface area contributed by atoms with Crippen LogP contribution in [0.4, 0.5) is 0 Å². The molecule has 1 aliphatic heterocycles. The lowest BCUT2D eigenvalue weighted by Crippen LogP contribution is -2.40. The molecule has 1 atom stereocenters. The fourth-order valence-corrected chi connectivity index (χ4v) is 4.99. The highest BCUT2D eigenvalue weighted by Gasteiger charge is 2.20. The predicted octanol–water partition coefficient (Wildman–Crippen LogP) is 3.78. The molecule has 0 radical (unpaired) electrons. The van der Waals surface area contributed by atoms with Gasteiger partial charge in [0, 0.05) is 12.6 Å². The predicted molar refractivity (Wildman–Crippen MR) is 110 cm³/mol. The average molecular weight is 391 g/mol. The minimum Gasteiger partial charge on any atom is -0.497 e. The maximum Gasteiger partial charge on any atom is 0.240 e. The molecule has 3 rings (SSSR count). The largest absolute Gasteiger partial charge is 0.497 e. The second-order valence-electron chi connectivity index (χ2n) is 7.22. The standard InChI is InChI=1S/C21H30N2O3S/c1-3-19-7-4-5-13-23(19)14-6-12-22-27(24,25)21-11-9-17-15-20(26-2)10-8-18(17)16-21/h8-11,15-16,19,22H,3-7,12-14H2,1-2H3/t19-/m0/s1. The maximum atomic E-state index is 12.6. The number of rotatable bonds is 8. The van der Waals surface area contributed by atoms with Crippen LogP contribution in [0.3, 0.4) is 0 Å². The van der Waals surface area contributed by atoms with Crippen molar-refractivity contribution >= 4 is 20.8 Å². The van der Waals surface area contributed by atoms with E-state index in [1.807, 2.05) is 24.3 Å². The molecular weight excluding hydrogens is 360 g/mol. The minimum absolute atomic E-state index is 0.310. The van der Waals surface area contributed by atoms with Gasteiger partial charge in [-0.2, -0.15) is 0 Å². The van der Waals surface area contributed by atoms with E-state index < -0.39 is 10.0 Å². The first-order valence-electron chi connectivity index (χ1n) is 9.85. The Balaban J connectivity index is 1.58. The summed E-state index contributed by atoms with van der Waals surface area (Å²) in [6.45, 7) is 4.80. The maximum absolute atomic E-state index is 12.6. The van der Waals surface area contributed by atoms with Gasteiger partial charge < -0.3 is 9.64 Å². The molecule has 1 aliphatic rings. The van der Waals surface area contributed by atoms with E-state index in [4.69, 9.17) is 4.74 Å². The van der Waals surface area contributed by atoms with Crippen LogP contribution >= 0.6 is 0 Å². The minimum atomic E-state index is -3.49. The number of hydrogen-bond donors (Lipinski definition) is 1. The van der Waals surface area contributed by atoms with Crippen molar-refractivity contribution in [2.75, 3.05) is 26.7 Å². The lowest BCUT2D eigenvalue weighted by Gasteiger charge is -2.35. The highest BCUT2D eigenvalue weighted by atomic mass is 32.2. The monoisotopic (exact) mass is 390 g/mol. The first kappa shape index (κ1) is 20.1. The number of fused-ring (bicyclic) bond motifs is 1. The van der Waals surface area contributed by atoms with Crippen molar-refractivity contribution in [2.24, 2.45) is 0 Å². The summed E-state index contributed by atoms with van der Waals surface area (Å²) in [5, 5.41) is 1.85. The van der Waals surface area contributed by atoms with Gasteiger partial charge in [-0.1, -0.05) is 25.5 Å². The van der Waals surface area contributed by atoms with Crippen LogP contribution in [-0.4, -0.2) is 46.1 Å². The molecule has 6 heteroatoms. The molecule has 1 heterocycles. The lowest BCUT2D eigenvalue weighted by molar-refractivity contribution is 0.143. The number of benzene rings is 2. The molecule has 0 spiro atoms. The first-order valence-corrected chi connectivity index (χ1v) is 11.3. The number of sulfonamides is 1. The van der Waals surface area contributed by atoms with Gasteiger partial charge in [0.1, 0.15) is 5.75 Å². The highest BCUT2D eigenvalue weighted by Crippen LogP contribution is 2.24. The molecule has 0 saturated carbocycles. The number of nitrogens with zero attached hydrogens (tertiary/aromatic N) is 1. The summed E-state index contributed by atoms with van der Waals surface area (Å²) in [7, 11) is -1.87. The van der Waals surface area contributed by atoms with Crippen LogP contribution in [-0.2, 0) is 10.0 Å². The van der Waals surface area contributed by atoms with E-state index in [-0.39, 0.29) is 0 Å². The fourth-order valence-electron chi connectivity index (χ4n) is 3.88. The SMILES string of the molecule is CC[C@H]1CCCCN1CCCNS(=O)(=O)c1ccc2cc(OC)ccc2c1. The Kier molecular flexibility index (Phi) is 6.73. The molecule has 0 aliphatic carbocycles. The summed E-state index contributed by atoms with van der Waals surface area (Å²) < 4.78 is 33.2. The van der Waals surface area contributed by atoms with Crippen molar-refractivity contribution in [1.82, 2.24) is 9.62 Å². The van der Waals surface area contributed by atoms with Gasteiger partial charge in [-0.15, -0.1) is 0 Å². The second-order valence-corrected chi connectivity index (χ2v) is 8.99. The Morgan fingerprint density at radius 3 is 2.70 bits per heavy atom. The lowest BCUT2D eigenvalue weighted by atomic mass is 10.00. The molecule has 0 amide bonds. The Morgan fingerprint density at radius 2 is 1.93 bits per heavy atom. The number of nitrogens with one attached hydrogen (secondary N) is 1. The van der Waals surface area contributed by atoms with Crippen molar-refractivity contribution in [3.8, 4) is 5.75 Å². The Bertz CT molecular complexity index is 867. The van der Waals surface area contributed by atoms with Crippen LogP contribution in [0.5, 0.6) is 5.75 Å². The zero-order valence-corrected chi connectivity index (χ0v) is 17.1. The Hall–Kier alpha value is -1.63. The van der Waals surface area contributed by atoms with Gasteiger partial charge in [-0.3, -0.25) is 0 Å². The third-order valence-corrected chi connectivity index (χ3v) is 6.92. The van der Waals surface area contributed by atoms with Crippen molar-refractivity contribution < 1.29 is 13.2 Å². The number of piperidine rings is 1. The zero-order chi connectivity index (χ0) is 19.3. The van der Waals surface area contributed by atoms with Gasteiger partial charge in [-0.25, -0.2) is 13.1 Å². The molecule has 5 nitrogen and oxygen atoms in total. The van der Waals surface area contributed by atoms with E-state index in [1.165, 1.54) is 25.7 Å². The molecule has 0 bridgehead atoms. The van der Waals surface area contributed by atoms with Crippen LogP contribution in [0.1, 0.15) is 39.0 Å². The van der Waals surface area contributed by atoms with E-state index in [2.05, 4.69) is 16.5 Å². The summed E-state index contributed by atoms with van der Waals surface area (Å²) in [5.74, 6) is 0.763. The van der Waals surface area contributed by atoms with Crippen molar-refractivity contribution in [3.05, 3.63) is 36.4 Å². The van der Waals surface area contributed by atoms with Gasteiger partial charge in [-0.05, 0) is 73.8 Å². The van der Waals surface area contributed by atoms with E-state index >= 15 is 0 Å². The van der Waals surface area contributed by atoms with Crippen LogP contribution in [0.25, 0.3) is 10.8 Å². The normalized spacial score (nSPS) is 18.7. The van der Waals surface area contributed by atoms with Crippen molar-refractivity contribution in [3.63, 3.8) is 0 Å². The third kappa shape index (κ3) is 5.00. The van der Waals surface area contributed by atoms with Crippen molar-refractivity contribution in [1.29, 1.82) is 0 Å². The highest BCUT2D eigenvalue weighted by molar-refractivity contribution is 7.89. The number of likely N-dealkylation sites (tertiary alicyclic amines) is 1. The van der Waals surface area contributed by atoms with Crippen LogP contribution in [0.15, 0.2) is 41.3 Å². The summed E-state index contributed by atoms with van der Waals surface area (Å²) >= 11 is 0. The molecule has 2 aromatic carbocycles. The summed E-state index contributed by atoms with van der Waals surface area (Å²) in [4.78, 5) is 2.82. The van der Waals surface area contributed by atoms with E-state index in [1.54, 1.807) is 19.2 Å².